The van der Waals surface area contributed by atoms with Crippen molar-refractivity contribution in [2.45, 2.75) is 39.8 Å². The van der Waals surface area contributed by atoms with Crippen LogP contribution in [0.1, 0.15) is 33.3 Å². The third-order valence-electron chi connectivity index (χ3n) is 5.27. The van der Waals surface area contributed by atoms with Crippen molar-refractivity contribution in [3.63, 3.8) is 0 Å². The summed E-state index contributed by atoms with van der Waals surface area (Å²) in [5, 5.41) is 12.2. The molecule has 0 aliphatic carbocycles. The second kappa shape index (κ2) is 9.92. The number of amides is 1. The molecule has 0 radical (unpaired) electrons. The van der Waals surface area contributed by atoms with Gasteiger partial charge in [0.1, 0.15) is 12.4 Å². The van der Waals surface area contributed by atoms with E-state index in [2.05, 4.69) is 26.3 Å². The van der Waals surface area contributed by atoms with Gasteiger partial charge in [-0.25, -0.2) is 9.78 Å². The van der Waals surface area contributed by atoms with Crippen molar-refractivity contribution in [3.8, 4) is 6.07 Å². The van der Waals surface area contributed by atoms with E-state index >= 15 is 0 Å². The van der Waals surface area contributed by atoms with E-state index in [0.29, 0.717) is 23.9 Å². The molecule has 1 aromatic heterocycles. The van der Waals surface area contributed by atoms with E-state index in [9.17, 15) is 4.79 Å². The number of rotatable bonds is 7. The van der Waals surface area contributed by atoms with E-state index in [1.807, 2.05) is 27.7 Å². The molecule has 3 N–H and O–H groups in total. The van der Waals surface area contributed by atoms with E-state index in [0.717, 1.165) is 17.0 Å². The molecule has 166 valence electrons. The number of carbonyl (C=O) groups excluding carboxylic acids is 1. The van der Waals surface area contributed by atoms with Crippen LogP contribution in [0.15, 0.2) is 53.3 Å². The van der Waals surface area contributed by atoms with Gasteiger partial charge in [0.05, 0.1) is 29.4 Å². The topological polar surface area (TPSA) is 130 Å². The third-order valence-corrected chi connectivity index (χ3v) is 5.27. The maximum atomic E-state index is 12.2. The summed E-state index contributed by atoms with van der Waals surface area (Å²) in [7, 11) is 0. The number of hydrogen-bond donors (Lipinski definition) is 2. The number of nitrogens with one attached hydrogen (secondary N) is 1. The first kappa shape index (κ1) is 22.7. The summed E-state index contributed by atoms with van der Waals surface area (Å²) in [5.41, 5.74) is 8.67. The lowest BCUT2D eigenvalue weighted by atomic mass is 10.0. The van der Waals surface area contributed by atoms with Crippen LogP contribution >= 0.6 is 0 Å². The van der Waals surface area contributed by atoms with Crippen LogP contribution in [0, 0.1) is 17.2 Å². The van der Waals surface area contributed by atoms with Crippen LogP contribution in [0.5, 0.6) is 0 Å². The molecule has 1 saturated heterocycles. The fourth-order valence-electron chi connectivity index (χ4n) is 3.46. The van der Waals surface area contributed by atoms with Gasteiger partial charge in [0.25, 0.3) is 0 Å². The van der Waals surface area contributed by atoms with Crippen LogP contribution in [0.2, 0.25) is 0 Å². The Kier molecular flexibility index (Phi) is 7.05. The quantitative estimate of drug-likeness (QED) is 0.636. The highest BCUT2D eigenvalue weighted by Gasteiger charge is 2.37. The average Bonchev–Trinajstić information content (AvgIpc) is 3.16. The molecule has 1 aliphatic rings. The lowest BCUT2D eigenvalue weighted by Gasteiger charge is -2.24. The smallest absolute Gasteiger partial charge is 0.415 e. The Balaban J connectivity index is 1.77. The molecule has 1 unspecified atom stereocenters. The summed E-state index contributed by atoms with van der Waals surface area (Å²) in [6, 6.07) is 10.4. The van der Waals surface area contributed by atoms with Gasteiger partial charge in [-0.15, -0.1) is 0 Å². The van der Waals surface area contributed by atoms with Gasteiger partial charge in [-0.1, -0.05) is 13.8 Å². The van der Waals surface area contributed by atoms with Gasteiger partial charge in [-0.3, -0.25) is 9.89 Å². The molecule has 0 saturated carbocycles. The standard InChI is InChI=1S/C23H27N7O2/c1-14(2)20-13-32-23(31)30(20)21-9-10-26-22(29-21)28-16(4)19(12-25)15(3)27-18-7-5-17(11-24)6-8-18/h5-10,12,14,16,20H,13,25H2,1-4H3,(H,26,28,29)/b19-12+,27-15?/t16?,20-/m1/s1. The largest absolute Gasteiger partial charge is 0.447 e. The zero-order valence-corrected chi connectivity index (χ0v) is 18.6. The van der Waals surface area contributed by atoms with Crippen molar-refractivity contribution >= 4 is 29.3 Å². The highest BCUT2D eigenvalue weighted by atomic mass is 16.6. The van der Waals surface area contributed by atoms with Crippen LogP contribution in [0.4, 0.5) is 22.2 Å². The summed E-state index contributed by atoms with van der Waals surface area (Å²) in [5.74, 6) is 1.07. The fraction of sp³-hybridized carbons (Fsp3) is 0.348. The summed E-state index contributed by atoms with van der Waals surface area (Å²) in [4.78, 5) is 27.2. The molecule has 1 aromatic carbocycles. The molecule has 9 nitrogen and oxygen atoms in total. The van der Waals surface area contributed by atoms with Crippen LogP contribution in [-0.4, -0.2) is 40.5 Å². The van der Waals surface area contributed by atoms with Gasteiger partial charge in [0.2, 0.25) is 5.95 Å². The number of anilines is 2. The van der Waals surface area contributed by atoms with Crippen molar-refractivity contribution in [2.24, 2.45) is 16.6 Å². The number of nitriles is 1. The number of aliphatic imine (C=N–C) groups is 1. The minimum Gasteiger partial charge on any atom is -0.447 e. The van der Waals surface area contributed by atoms with Gasteiger partial charge >= 0.3 is 6.09 Å². The van der Waals surface area contributed by atoms with Gasteiger partial charge in [-0.05, 0) is 50.1 Å². The minimum absolute atomic E-state index is 0.0797. The molecule has 2 heterocycles. The molecular weight excluding hydrogens is 406 g/mol. The van der Waals surface area contributed by atoms with Gasteiger partial charge in [0.15, 0.2) is 0 Å². The highest BCUT2D eigenvalue weighted by molar-refractivity contribution is 6.01. The van der Waals surface area contributed by atoms with E-state index in [1.54, 1.807) is 41.4 Å². The lowest BCUT2D eigenvalue weighted by Crippen LogP contribution is -2.38. The van der Waals surface area contributed by atoms with Gasteiger partial charge in [-0.2, -0.15) is 10.2 Å². The van der Waals surface area contributed by atoms with Crippen molar-refractivity contribution in [3.05, 3.63) is 53.9 Å². The minimum atomic E-state index is -0.408. The monoisotopic (exact) mass is 433 g/mol. The fourth-order valence-corrected chi connectivity index (χ4v) is 3.46. The van der Waals surface area contributed by atoms with Gasteiger partial charge < -0.3 is 15.8 Å². The Hall–Kier alpha value is -3.93. The molecule has 0 bridgehead atoms. The molecule has 3 rings (SSSR count). The second-order valence-electron chi connectivity index (χ2n) is 7.84. The normalized spacial score (nSPS) is 17.8. The zero-order valence-electron chi connectivity index (χ0n) is 18.6. The van der Waals surface area contributed by atoms with Crippen LogP contribution in [0.25, 0.3) is 0 Å². The predicted molar refractivity (Wildman–Crippen MR) is 124 cm³/mol. The number of aromatic nitrogens is 2. The number of cyclic esters (lactones) is 1. The third kappa shape index (κ3) is 5.03. The number of benzene rings is 1. The van der Waals surface area contributed by atoms with E-state index in [1.165, 1.54) is 6.20 Å². The van der Waals surface area contributed by atoms with E-state index in [4.69, 9.17) is 15.7 Å². The summed E-state index contributed by atoms with van der Waals surface area (Å²) >= 11 is 0. The molecule has 32 heavy (non-hydrogen) atoms. The second-order valence-corrected chi connectivity index (χ2v) is 7.84. The molecule has 2 aromatic rings. The Morgan fingerprint density at radius 2 is 2.06 bits per heavy atom. The Labute approximate surface area is 187 Å². The molecule has 0 spiro atoms. The molecule has 2 atom stereocenters. The molecule has 1 fully saturated rings. The van der Waals surface area contributed by atoms with Crippen molar-refractivity contribution in [1.29, 1.82) is 5.26 Å². The summed E-state index contributed by atoms with van der Waals surface area (Å²) < 4.78 is 5.22. The van der Waals surface area contributed by atoms with Gasteiger partial charge in [0, 0.05) is 23.7 Å². The maximum Gasteiger partial charge on any atom is 0.415 e. The highest BCUT2D eigenvalue weighted by Crippen LogP contribution is 2.26. The first-order valence-electron chi connectivity index (χ1n) is 10.4. The zero-order chi connectivity index (χ0) is 23.3. The van der Waals surface area contributed by atoms with E-state index < -0.39 is 6.09 Å². The average molecular weight is 434 g/mol. The van der Waals surface area contributed by atoms with Crippen LogP contribution in [-0.2, 0) is 4.74 Å². The molecule has 9 heteroatoms. The predicted octanol–water partition coefficient (Wildman–Crippen LogP) is 3.77. The Morgan fingerprint density at radius 1 is 1.34 bits per heavy atom. The molecular formula is C23H27N7O2. The summed E-state index contributed by atoms with van der Waals surface area (Å²) in [6.45, 7) is 8.20. The Morgan fingerprint density at radius 3 is 2.69 bits per heavy atom. The number of nitrogens with two attached hydrogens (primary N) is 1. The SMILES string of the molecule is CC(=Nc1ccc(C#N)cc1)/C(=C\N)C(C)Nc1nccc(N2C(=O)OC[C@@H]2C(C)C)n1. The van der Waals surface area contributed by atoms with Crippen LogP contribution < -0.4 is 16.0 Å². The number of hydrogen-bond acceptors (Lipinski definition) is 8. The number of nitrogens with zero attached hydrogens (tertiary/aromatic N) is 5. The number of ether oxygens (including phenoxy) is 1. The van der Waals surface area contributed by atoms with E-state index in [-0.39, 0.29) is 18.0 Å². The van der Waals surface area contributed by atoms with Crippen molar-refractivity contribution in [2.75, 3.05) is 16.8 Å². The Bertz CT molecular complexity index is 1070. The molecule has 1 aliphatic heterocycles. The maximum absolute atomic E-state index is 12.2. The summed E-state index contributed by atoms with van der Waals surface area (Å²) in [6.07, 6.45) is 2.69. The van der Waals surface area contributed by atoms with Crippen LogP contribution in [0.3, 0.4) is 0 Å². The van der Waals surface area contributed by atoms with Crippen molar-refractivity contribution < 1.29 is 9.53 Å². The molecule has 1 amide bonds. The first-order valence-corrected chi connectivity index (χ1v) is 10.4. The first-order chi connectivity index (χ1) is 15.3. The lowest BCUT2D eigenvalue weighted by molar-refractivity contribution is 0.177. The number of carbonyl (C=O) groups is 1. The van der Waals surface area contributed by atoms with Crippen molar-refractivity contribution in [1.82, 2.24) is 9.97 Å².